The Labute approximate surface area is 164 Å². The zero-order valence-corrected chi connectivity index (χ0v) is 16.7. The summed E-state index contributed by atoms with van der Waals surface area (Å²) in [6.45, 7) is 3.01. The number of rotatable bonds is 3. The molecule has 0 N–H and O–H groups in total. The van der Waals surface area contributed by atoms with Gasteiger partial charge in [-0.25, -0.2) is 8.42 Å². The first kappa shape index (κ1) is 18.3. The summed E-state index contributed by atoms with van der Waals surface area (Å²) in [6.07, 6.45) is 4.78. The van der Waals surface area contributed by atoms with Gasteiger partial charge in [0.2, 0.25) is 9.84 Å². The molecule has 0 bridgehead atoms. The number of anilines is 1. The number of fused-ring (bicyclic) bond motifs is 1. The van der Waals surface area contributed by atoms with Gasteiger partial charge in [-0.1, -0.05) is 29.8 Å². The highest BCUT2D eigenvalue weighted by Gasteiger charge is 2.29. The summed E-state index contributed by atoms with van der Waals surface area (Å²) in [5.41, 5.74) is 1.57. The van der Waals surface area contributed by atoms with Crippen LogP contribution in [0.15, 0.2) is 64.5 Å². The van der Waals surface area contributed by atoms with Crippen LogP contribution in [0.4, 0.5) is 5.69 Å². The number of sulfone groups is 1. The van der Waals surface area contributed by atoms with Crippen LogP contribution < -0.4 is 4.90 Å². The summed E-state index contributed by atoms with van der Waals surface area (Å²) in [7, 11) is -3.71. The Morgan fingerprint density at radius 2 is 1.81 bits per heavy atom. The van der Waals surface area contributed by atoms with Crippen LogP contribution in [0.2, 0.25) is 5.02 Å². The van der Waals surface area contributed by atoms with Gasteiger partial charge in [0.15, 0.2) is 0 Å². The largest absolute Gasteiger partial charge is 0.367 e. The molecule has 1 fully saturated rings. The third kappa shape index (κ3) is 3.30. The smallest absolute Gasteiger partial charge is 0.210 e. The number of benzene rings is 2. The fourth-order valence-corrected chi connectivity index (χ4v) is 5.32. The predicted octanol–water partition coefficient (Wildman–Crippen LogP) is 5.10. The van der Waals surface area contributed by atoms with Crippen LogP contribution in [0.3, 0.4) is 0 Å². The molecule has 1 saturated heterocycles. The van der Waals surface area contributed by atoms with Crippen molar-refractivity contribution in [3.63, 3.8) is 0 Å². The van der Waals surface area contributed by atoms with Crippen LogP contribution in [0.1, 0.15) is 26.2 Å². The fourth-order valence-electron chi connectivity index (χ4n) is 3.77. The molecule has 1 aliphatic heterocycles. The van der Waals surface area contributed by atoms with Crippen molar-refractivity contribution in [2.75, 3.05) is 11.4 Å². The van der Waals surface area contributed by atoms with Gasteiger partial charge in [0.05, 0.1) is 16.1 Å². The summed E-state index contributed by atoms with van der Waals surface area (Å²) >= 11 is 5.94. The number of hydrogen-bond acceptors (Lipinski definition) is 4. The third-order valence-corrected chi connectivity index (χ3v) is 7.24. The second-order valence-corrected chi connectivity index (χ2v) is 9.34. The van der Waals surface area contributed by atoms with E-state index in [1.54, 1.807) is 24.3 Å². The molecule has 0 amide bonds. The van der Waals surface area contributed by atoms with Gasteiger partial charge in [0.25, 0.3) is 0 Å². The van der Waals surface area contributed by atoms with Gasteiger partial charge in [0, 0.05) is 29.2 Å². The Hall–Kier alpha value is -2.11. The Balaban J connectivity index is 1.97. The first-order valence-electron chi connectivity index (χ1n) is 9.13. The highest BCUT2D eigenvalue weighted by molar-refractivity contribution is 7.91. The normalized spacial score (nSPS) is 18.0. The van der Waals surface area contributed by atoms with Crippen molar-refractivity contribution in [3.05, 3.63) is 59.8 Å². The first-order valence-corrected chi connectivity index (χ1v) is 11.0. The molecule has 27 heavy (non-hydrogen) atoms. The summed E-state index contributed by atoms with van der Waals surface area (Å²) in [5.74, 6) is 0. The number of piperidine rings is 1. The molecule has 1 aliphatic rings. The molecule has 4 nitrogen and oxygen atoms in total. The molecule has 4 rings (SSSR count). The van der Waals surface area contributed by atoms with Crippen molar-refractivity contribution in [1.82, 2.24) is 4.98 Å². The van der Waals surface area contributed by atoms with Crippen LogP contribution in [0.5, 0.6) is 0 Å². The lowest BCUT2D eigenvalue weighted by Crippen LogP contribution is -2.38. The van der Waals surface area contributed by atoms with E-state index < -0.39 is 9.84 Å². The van der Waals surface area contributed by atoms with E-state index in [4.69, 9.17) is 11.6 Å². The molecule has 0 spiro atoms. The minimum atomic E-state index is -3.71. The summed E-state index contributed by atoms with van der Waals surface area (Å²) < 4.78 is 26.9. The van der Waals surface area contributed by atoms with Crippen molar-refractivity contribution in [2.24, 2.45) is 0 Å². The highest BCUT2D eigenvalue weighted by Crippen LogP contribution is 2.38. The summed E-state index contributed by atoms with van der Waals surface area (Å²) in [5, 5.41) is 1.39. The number of pyridine rings is 1. The molecule has 0 unspecified atom stereocenters. The monoisotopic (exact) mass is 400 g/mol. The Morgan fingerprint density at radius 1 is 1.07 bits per heavy atom. The quantitative estimate of drug-likeness (QED) is 0.613. The Bertz CT molecular complexity index is 1080. The standard InChI is InChI=1S/C21H21ClN2O2S/c1-15-6-4-5-13-24(15)21-18-7-2-3-8-19(18)23-14-20(21)27(25,26)17-11-9-16(22)10-12-17/h2-3,7-12,14-15H,4-6,13H2,1H3/t15-/m1/s1. The molecular weight excluding hydrogens is 380 g/mol. The maximum atomic E-state index is 13.4. The van der Waals surface area contributed by atoms with Crippen molar-refractivity contribution in [3.8, 4) is 0 Å². The van der Waals surface area contributed by atoms with E-state index in [9.17, 15) is 8.42 Å². The molecular formula is C21H21ClN2O2S. The van der Waals surface area contributed by atoms with Crippen molar-refractivity contribution in [2.45, 2.75) is 42.0 Å². The molecule has 0 aliphatic carbocycles. The lowest BCUT2D eigenvalue weighted by atomic mass is 10.0. The number of aromatic nitrogens is 1. The number of nitrogens with zero attached hydrogens (tertiary/aromatic N) is 2. The molecule has 6 heteroatoms. The van der Waals surface area contributed by atoms with E-state index in [1.165, 1.54) is 12.6 Å². The number of halogens is 1. The van der Waals surface area contributed by atoms with E-state index in [0.29, 0.717) is 5.02 Å². The van der Waals surface area contributed by atoms with Crippen LogP contribution in [-0.2, 0) is 9.84 Å². The van der Waals surface area contributed by atoms with E-state index in [-0.39, 0.29) is 15.8 Å². The van der Waals surface area contributed by atoms with Gasteiger partial charge in [-0.15, -0.1) is 0 Å². The van der Waals surface area contributed by atoms with Gasteiger partial charge < -0.3 is 4.90 Å². The first-order chi connectivity index (χ1) is 13.0. The summed E-state index contributed by atoms with van der Waals surface area (Å²) in [4.78, 5) is 7.16. The fraction of sp³-hybridized carbons (Fsp3) is 0.286. The average molecular weight is 401 g/mol. The molecule has 2 aromatic carbocycles. The summed E-state index contributed by atoms with van der Waals surface area (Å²) in [6, 6.07) is 14.3. The van der Waals surface area contributed by atoms with Crippen LogP contribution in [0, 0.1) is 0 Å². The van der Waals surface area contributed by atoms with E-state index >= 15 is 0 Å². The highest BCUT2D eigenvalue weighted by atomic mass is 35.5. The second-order valence-electron chi connectivity index (χ2n) is 6.98. The zero-order valence-electron chi connectivity index (χ0n) is 15.1. The Morgan fingerprint density at radius 3 is 2.56 bits per heavy atom. The molecule has 0 saturated carbocycles. The van der Waals surface area contributed by atoms with Crippen LogP contribution in [0.25, 0.3) is 10.9 Å². The minimum absolute atomic E-state index is 0.231. The molecule has 3 aromatic rings. The lowest BCUT2D eigenvalue weighted by molar-refractivity contribution is 0.483. The van der Waals surface area contributed by atoms with Gasteiger partial charge in [-0.05, 0) is 56.5 Å². The Kier molecular flexibility index (Phi) is 4.82. The molecule has 2 heterocycles. The maximum absolute atomic E-state index is 13.4. The van der Waals surface area contributed by atoms with Gasteiger partial charge >= 0.3 is 0 Å². The zero-order chi connectivity index (χ0) is 19.0. The van der Waals surface area contributed by atoms with Crippen molar-refractivity contribution >= 4 is 38.0 Å². The lowest BCUT2D eigenvalue weighted by Gasteiger charge is -2.37. The van der Waals surface area contributed by atoms with Gasteiger partial charge in [0.1, 0.15) is 4.90 Å². The number of para-hydroxylation sites is 1. The van der Waals surface area contributed by atoms with Gasteiger partial charge in [-0.2, -0.15) is 0 Å². The minimum Gasteiger partial charge on any atom is -0.367 e. The average Bonchev–Trinajstić information content (AvgIpc) is 2.68. The SMILES string of the molecule is C[C@@H]1CCCCN1c1c(S(=O)(=O)c2ccc(Cl)cc2)cnc2ccccc12. The topological polar surface area (TPSA) is 50.3 Å². The maximum Gasteiger partial charge on any atom is 0.210 e. The van der Waals surface area contributed by atoms with Gasteiger partial charge in [-0.3, -0.25) is 4.98 Å². The van der Waals surface area contributed by atoms with E-state index in [1.807, 2.05) is 24.3 Å². The second kappa shape index (κ2) is 7.13. The van der Waals surface area contributed by atoms with E-state index in [2.05, 4.69) is 16.8 Å². The van der Waals surface area contributed by atoms with Crippen LogP contribution >= 0.6 is 11.6 Å². The van der Waals surface area contributed by atoms with Crippen molar-refractivity contribution < 1.29 is 8.42 Å². The van der Waals surface area contributed by atoms with E-state index in [0.717, 1.165) is 36.0 Å². The number of hydrogen-bond donors (Lipinski definition) is 0. The molecule has 1 atom stereocenters. The predicted molar refractivity (Wildman–Crippen MR) is 109 cm³/mol. The third-order valence-electron chi connectivity index (χ3n) is 5.22. The van der Waals surface area contributed by atoms with Crippen LogP contribution in [-0.4, -0.2) is 26.0 Å². The molecule has 1 aromatic heterocycles. The molecule has 140 valence electrons. The van der Waals surface area contributed by atoms with Crippen molar-refractivity contribution in [1.29, 1.82) is 0 Å². The molecule has 0 radical (unpaired) electrons.